The molecule has 1 amide bonds. The number of carboxylic acid groups (broad SMARTS) is 1. The van der Waals surface area contributed by atoms with E-state index < -0.39 is 5.97 Å². The number of carboxylic acids is 1. The minimum absolute atomic E-state index is 0.00163. The van der Waals surface area contributed by atoms with Crippen LogP contribution in [0.15, 0.2) is 5.38 Å². The van der Waals surface area contributed by atoms with Crippen molar-refractivity contribution < 1.29 is 14.7 Å². The van der Waals surface area contributed by atoms with Crippen LogP contribution in [0.25, 0.3) is 0 Å². The lowest BCUT2D eigenvalue weighted by Crippen LogP contribution is -2.22. The van der Waals surface area contributed by atoms with Gasteiger partial charge in [-0.05, 0) is 6.92 Å². The number of thiazole rings is 2. The number of rotatable bonds is 4. The fraction of sp³-hybridized carbons (Fsp3) is 0.429. The van der Waals surface area contributed by atoms with Crippen LogP contribution in [0.1, 0.15) is 56.6 Å². The Bertz CT molecular complexity index is 713. The van der Waals surface area contributed by atoms with Crippen LogP contribution in [0.5, 0.6) is 0 Å². The summed E-state index contributed by atoms with van der Waals surface area (Å²) in [6, 6.07) is 0. The molecule has 0 aliphatic rings. The Morgan fingerprint density at radius 2 is 2.00 bits per heavy atom. The molecular weight excluding hydrogens is 322 g/mol. The summed E-state index contributed by atoms with van der Waals surface area (Å²) in [4.78, 5) is 32.0. The second-order valence-electron chi connectivity index (χ2n) is 5.80. The molecule has 8 heteroatoms. The molecule has 0 aliphatic carbocycles. The largest absolute Gasteiger partial charge is 0.476 e. The van der Waals surface area contributed by atoms with Crippen LogP contribution in [0.4, 0.5) is 0 Å². The SMILES string of the molecule is Cc1nc(C(C)(C)C)sc1C(=O)NCc1nc(C(=O)O)cs1. The first-order valence-corrected chi connectivity index (χ1v) is 8.32. The summed E-state index contributed by atoms with van der Waals surface area (Å²) in [5.74, 6) is -1.28. The molecule has 6 nitrogen and oxygen atoms in total. The average Bonchev–Trinajstić information content (AvgIpc) is 3.01. The van der Waals surface area contributed by atoms with E-state index in [1.165, 1.54) is 28.1 Å². The molecule has 0 saturated carbocycles. The summed E-state index contributed by atoms with van der Waals surface area (Å²) >= 11 is 2.60. The van der Waals surface area contributed by atoms with E-state index in [-0.39, 0.29) is 23.6 Å². The van der Waals surface area contributed by atoms with Gasteiger partial charge in [0, 0.05) is 10.8 Å². The number of carbonyl (C=O) groups is 2. The number of amides is 1. The Kier molecular flexibility index (Phi) is 4.62. The molecule has 0 aliphatic heterocycles. The van der Waals surface area contributed by atoms with Crippen molar-refractivity contribution in [2.45, 2.75) is 39.7 Å². The molecule has 0 fully saturated rings. The molecule has 2 rings (SSSR count). The molecule has 2 heterocycles. The van der Waals surface area contributed by atoms with E-state index in [1.807, 2.05) is 6.92 Å². The van der Waals surface area contributed by atoms with Crippen LogP contribution in [0.2, 0.25) is 0 Å². The molecule has 0 saturated heterocycles. The van der Waals surface area contributed by atoms with E-state index >= 15 is 0 Å². The minimum atomic E-state index is -1.07. The number of aryl methyl sites for hydroxylation is 1. The van der Waals surface area contributed by atoms with Crippen molar-refractivity contribution in [3.05, 3.63) is 31.7 Å². The van der Waals surface area contributed by atoms with Crippen molar-refractivity contribution in [3.8, 4) is 0 Å². The Morgan fingerprint density at radius 3 is 2.50 bits per heavy atom. The van der Waals surface area contributed by atoms with E-state index in [0.29, 0.717) is 15.6 Å². The molecule has 0 radical (unpaired) electrons. The molecule has 0 spiro atoms. The summed E-state index contributed by atoms with van der Waals surface area (Å²) in [7, 11) is 0. The third-order valence-electron chi connectivity index (χ3n) is 2.82. The van der Waals surface area contributed by atoms with Gasteiger partial charge in [-0.2, -0.15) is 0 Å². The number of aromatic carboxylic acids is 1. The molecule has 0 bridgehead atoms. The third-order valence-corrected chi connectivity index (χ3v) is 5.25. The topological polar surface area (TPSA) is 92.2 Å². The zero-order valence-corrected chi connectivity index (χ0v) is 14.4. The number of hydrogen-bond acceptors (Lipinski definition) is 6. The van der Waals surface area contributed by atoms with Gasteiger partial charge in [0.25, 0.3) is 5.91 Å². The van der Waals surface area contributed by atoms with Crippen LogP contribution < -0.4 is 5.32 Å². The van der Waals surface area contributed by atoms with E-state index in [1.54, 1.807) is 0 Å². The van der Waals surface area contributed by atoms with Gasteiger partial charge in [-0.3, -0.25) is 4.79 Å². The number of nitrogens with zero attached hydrogens (tertiary/aromatic N) is 2. The van der Waals surface area contributed by atoms with Gasteiger partial charge in [0.1, 0.15) is 9.88 Å². The summed E-state index contributed by atoms with van der Waals surface area (Å²) in [6.07, 6.45) is 0. The quantitative estimate of drug-likeness (QED) is 0.893. The van der Waals surface area contributed by atoms with Gasteiger partial charge in [-0.1, -0.05) is 20.8 Å². The van der Waals surface area contributed by atoms with E-state index in [4.69, 9.17) is 5.11 Å². The third kappa shape index (κ3) is 3.69. The molecule has 118 valence electrons. The van der Waals surface area contributed by atoms with Crippen molar-refractivity contribution in [3.63, 3.8) is 0 Å². The Morgan fingerprint density at radius 1 is 1.32 bits per heavy atom. The van der Waals surface area contributed by atoms with Crippen molar-refractivity contribution >= 4 is 34.6 Å². The Hall–Kier alpha value is -1.80. The predicted molar refractivity (Wildman–Crippen MR) is 85.8 cm³/mol. The monoisotopic (exact) mass is 339 g/mol. The normalized spacial score (nSPS) is 11.5. The van der Waals surface area contributed by atoms with E-state index in [9.17, 15) is 9.59 Å². The number of carbonyl (C=O) groups excluding carboxylic acids is 1. The highest BCUT2D eigenvalue weighted by Gasteiger charge is 2.23. The fourth-order valence-corrected chi connectivity index (χ4v) is 3.40. The number of hydrogen-bond donors (Lipinski definition) is 2. The standard InChI is InChI=1S/C14H17N3O3S2/c1-7-10(22-13(16-7)14(2,3)4)11(18)15-5-9-17-8(6-21-9)12(19)20/h6H,5H2,1-4H3,(H,15,18)(H,19,20). The Balaban J connectivity index is 2.06. The lowest BCUT2D eigenvalue weighted by molar-refractivity contribution is 0.0691. The van der Waals surface area contributed by atoms with Crippen molar-refractivity contribution in [1.82, 2.24) is 15.3 Å². The smallest absolute Gasteiger partial charge is 0.355 e. The molecular formula is C14H17N3O3S2. The Labute approximate surface area is 136 Å². The van der Waals surface area contributed by atoms with Crippen LogP contribution in [-0.4, -0.2) is 27.0 Å². The van der Waals surface area contributed by atoms with Gasteiger partial charge < -0.3 is 10.4 Å². The molecule has 0 unspecified atom stereocenters. The van der Waals surface area contributed by atoms with Crippen LogP contribution in [-0.2, 0) is 12.0 Å². The highest BCUT2D eigenvalue weighted by Crippen LogP contribution is 2.29. The maximum absolute atomic E-state index is 12.2. The van der Waals surface area contributed by atoms with Gasteiger partial charge in [0.05, 0.1) is 17.2 Å². The molecule has 0 atom stereocenters. The summed E-state index contributed by atoms with van der Waals surface area (Å²) in [6.45, 7) is 8.17. The highest BCUT2D eigenvalue weighted by atomic mass is 32.1. The predicted octanol–water partition coefficient (Wildman–Crippen LogP) is 2.83. The first kappa shape index (κ1) is 16.6. The van der Waals surface area contributed by atoms with Gasteiger partial charge >= 0.3 is 5.97 Å². The van der Waals surface area contributed by atoms with Crippen LogP contribution >= 0.6 is 22.7 Å². The lowest BCUT2D eigenvalue weighted by atomic mass is 9.98. The molecule has 0 aromatic carbocycles. The number of aromatic nitrogens is 2. The second kappa shape index (κ2) is 6.13. The first-order valence-electron chi connectivity index (χ1n) is 6.62. The van der Waals surface area contributed by atoms with Gasteiger partial charge in [-0.15, -0.1) is 22.7 Å². The second-order valence-corrected chi connectivity index (χ2v) is 7.74. The van der Waals surface area contributed by atoms with Crippen LogP contribution in [0, 0.1) is 6.92 Å². The first-order chi connectivity index (χ1) is 10.2. The van der Waals surface area contributed by atoms with Crippen molar-refractivity contribution in [1.29, 1.82) is 0 Å². The summed E-state index contributed by atoms with van der Waals surface area (Å²) < 4.78 is 0. The number of nitrogens with one attached hydrogen (secondary N) is 1. The minimum Gasteiger partial charge on any atom is -0.476 e. The highest BCUT2D eigenvalue weighted by molar-refractivity contribution is 7.14. The lowest BCUT2D eigenvalue weighted by Gasteiger charge is -2.13. The van der Waals surface area contributed by atoms with Gasteiger partial charge in [-0.25, -0.2) is 14.8 Å². The van der Waals surface area contributed by atoms with Gasteiger partial charge in [0.15, 0.2) is 5.69 Å². The maximum Gasteiger partial charge on any atom is 0.355 e. The molecule has 2 N–H and O–H groups in total. The fourth-order valence-electron chi connectivity index (χ4n) is 1.65. The summed E-state index contributed by atoms with van der Waals surface area (Å²) in [5, 5.41) is 14.5. The molecule has 2 aromatic rings. The van der Waals surface area contributed by atoms with E-state index in [0.717, 1.165) is 5.01 Å². The summed E-state index contributed by atoms with van der Waals surface area (Å²) in [5.41, 5.74) is 0.607. The maximum atomic E-state index is 12.2. The van der Waals surface area contributed by atoms with Crippen molar-refractivity contribution in [2.24, 2.45) is 0 Å². The van der Waals surface area contributed by atoms with Crippen LogP contribution in [0.3, 0.4) is 0 Å². The van der Waals surface area contributed by atoms with E-state index in [2.05, 4.69) is 36.1 Å². The average molecular weight is 339 g/mol. The zero-order valence-electron chi connectivity index (χ0n) is 12.8. The molecule has 22 heavy (non-hydrogen) atoms. The van der Waals surface area contributed by atoms with Crippen molar-refractivity contribution in [2.75, 3.05) is 0 Å². The van der Waals surface area contributed by atoms with Gasteiger partial charge in [0.2, 0.25) is 0 Å². The zero-order chi connectivity index (χ0) is 16.5. The molecule has 2 aromatic heterocycles.